The first-order chi connectivity index (χ1) is 9.29. The fourth-order valence-corrected chi connectivity index (χ4v) is 1.19. The number of aliphatic carboxylic acids is 2. The maximum atomic E-state index is 9.99. The second-order valence-electron chi connectivity index (χ2n) is 4.04. The van der Waals surface area contributed by atoms with Crippen LogP contribution in [0.5, 0.6) is 0 Å². The zero-order valence-corrected chi connectivity index (χ0v) is 10.6. The number of carbonyl (C=O) groups is 2. The highest BCUT2D eigenvalue weighted by atomic mass is 16.5. The second kappa shape index (κ2) is 9.26. The third-order valence-corrected chi connectivity index (χ3v) is 2.43. The summed E-state index contributed by atoms with van der Waals surface area (Å²) in [6.07, 6.45) is -0.256. The molecular weight excluding hydrogens is 274 g/mol. The van der Waals surface area contributed by atoms with Gasteiger partial charge in [-0.2, -0.15) is 0 Å². The topological polar surface area (TPSA) is 171 Å². The Morgan fingerprint density at radius 2 is 1.90 bits per heavy atom. The van der Waals surface area contributed by atoms with Gasteiger partial charge in [-0.15, -0.1) is 0 Å². The molecule has 1 heterocycles. The molecule has 116 valence electrons. The van der Waals surface area contributed by atoms with Gasteiger partial charge in [-0.3, -0.25) is 9.59 Å². The summed E-state index contributed by atoms with van der Waals surface area (Å²) < 4.78 is 4.77. The molecule has 0 saturated heterocycles. The Kier molecular flexibility index (Phi) is 8.48. The maximum Gasteiger partial charge on any atom is 0.320 e. The molecule has 0 unspecified atom stereocenters. The lowest BCUT2D eigenvalue weighted by Gasteiger charge is -2.26. The van der Waals surface area contributed by atoms with Crippen molar-refractivity contribution in [3.8, 4) is 0 Å². The van der Waals surface area contributed by atoms with Crippen LogP contribution in [0.1, 0.15) is 12.8 Å². The summed E-state index contributed by atoms with van der Waals surface area (Å²) in [5.41, 5.74) is 5.00. The van der Waals surface area contributed by atoms with Crippen LogP contribution in [0.3, 0.4) is 0 Å². The molecule has 0 bridgehead atoms. The minimum Gasteiger partial charge on any atom is -0.493 e. The van der Waals surface area contributed by atoms with Gasteiger partial charge in [-0.1, -0.05) is 0 Å². The largest absolute Gasteiger partial charge is 0.493 e. The van der Waals surface area contributed by atoms with E-state index < -0.39 is 36.3 Å². The summed E-state index contributed by atoms with van der Waals surface area (Å²) >= 11 is 0. The van der Waals surface area contributed by atoms with Crippen molar-refractivity contribution in [3.63, 3.8) is 0 Å². The fraction of sp³-hybridized carbons (Fsp3) is 0.636. The SMILES string of the molecule is N[C@@H](CCC(=O)O)C(=O)O.OC[C@H]1OC=C[C@@H](O)[C@@H]1O. The molecule has 20 heavy (non-hydrogen) atoms. The Morgan fingerprint density at radius 3 is 2.30 bits per heavy atom. The van der Waals surface area contributed by atoms with Gasteiger partial charge < -0.3 is 36.0 Å². The monoisotopic (exact) mass is 293 g/mol. The predicted octanol–water partition coefficient (Wildman–Crippen LogP) is -2.12. The number of ether oxygens (including phenoxy) is 1. The van der Waals surface area contributed by atoms with Gasteiger partial charge in [0.15, 0.2) is 0 Å². The molecule has 0 radical (unpaired) electrons. The van der Waals surface area contributed by atoms with Crippen molar-refractivity contribution in [2.45, 2.75) is 37.2 Å². The highest BCUT2D eigenvalue weighted by Gasteiger charge is 2.27. The lowest BCUT2D eigenvalue weighted by molar-refractivity contribution is -0.139. The van der Waals surface area contributed by atoms with E-state index in [4.69, 9.17) is 36.0 Å². The van der Waals surface area contributed by atoms with Crippen molar-refractivity contribution in [1.29, 1.82) is 0 Å². The van der Waals surface area contributed by atoms with Crippen molar-refractivity contribution in [2.75, 3.05) is 6.61 Å². The van der Waals surface area contributed by atoms with E-state index >= 15 is 0 Å². The highest BCUT2D eigenvalue weighted by Crippen LogP contribution is 2.10. The molecule has 0 fully saturated rings. The third-order valence-electron chi connectivity index (χ3n) is 2.43. The van der Waals surface area contributed by atoms with Gasteiger partial charge >= 0.3 is 11.9 Å². The molecule has 0 saturated carbocycles. The molecular formula is C11H19NO8. The van der Waals surface area contributed by atoms with E-state index in [2.05, 4.69) is 0 Å². The molecule has 4 atom stereocenters. The molecule has 0 aliphatic carbocycles. The normalized spacial score (nSPS) is 25.9. The van der Waals surface area contributed by atoms with Gasteiger partial charge in [0, 0.05) is 6.42 Å². The summed E-state index contributed by atoms with van der Waals surface area (Å²) in [6, 6.07) is -1.06. The van der Waals surface area contributed by atoms with Crippen LogP contribution < -0.4 is 5.73 Å². The molecule has 0 aromatic carbocycles. The Morgan fingerprint density at radius 1 is 1.30 bits per heavy atom. The van der Waals surface area contributed by atoms with Crippen molar-refractivity contribution < 1.29 is 39.9 Å². The van der Waals surface area contributed by atoms with Gasteiger partial charge in [-0.05, 0) is 12.5 Å². The van der Waals surface area contributed by atoms with Crippen LogP contribution in [0.2, 0.25) is 0 Å². The summed E-state index contributed by atoms with van der Waals surface area (Å²) in [4.78, 5) is 19.9. The van der Waals surface area contributed by atoms with Crippen LogP contribution in [-0.4, -0.2) is 68.4 Å². The van der Waals surface area contributed by atoms with Gasteiger partial charge in [0.1, 0.15) is 24.4 Å². The molecule has 7 N–H and O–H groups in total. The van der Waals surface area contributed by atoms with Gasteiger partial charge in [0.05, 0.1) is 12.9 Å². The lowest BCUT2D eigenvalue weighted by atomic mass is 10.1. The van der Waals surface area contributed by atoms with Crippen molar-refractivity contribution in [3.05, 3.63) is 12.3 Å². The molecule has 9 heteroatoms. The van der Waals surface area contributed by atoms with Crippen LogP contribution in [0.15, 0.2) is 12.3 Å². The molecule has 1 aliphatic heterocycles. The second-order valence-corrected chi connectivity index (χ2v) is 4.04. The average Bonchev–Trinajstić information content (AvgIpc) is 2.39. The average molecular weight is 293 g/mol. The molecule has 0 aromatic heterocycles. The van der Waals surface area contributed by atoms with E-state index in [1.165, 1.54) is 12.3 Å². The van der Waals surface area contributed by atoms with Crippen molar-refractivity contribution in [2.24, 2.45) is 5.73 Å². The van der Waals surface area contributed by atoms with Crippen molar-refractivity contribution in [1.82, 2.24) is 0 Å². The third kappa shape index (κ3) is 7.04. The number of aliphatic hydroxyl groups excluding tert-OH is 3. The van der Waals surface area contributed by atoms with E-state index in [9.17, 15) is 9.59 Å². The number of hydrogen-bond donors (Lipinski definition) is 6. The summed E-state index contributed by atoms with van der Waals surface area (Å²) in [7, 11) is 0. The molecule has 9 nitrogen and oxygen atoms in total. The first-order valence-corrected chi connectivity index (χ1v) is 5.78. The van der Waals surface area contributed by atoms with E-state index in [1.807, 2.05) is 0 Å². The standard InChI is InChI=1S/C6H10O4.C5H9NO4/c7-3-5-6(9)4(8)1-2-10-5;6-3(5(9)10)1-2-4(7)8/h1-2,4-9H,3H2;3H,1-2,6H2,(H,7,8)(H,9,10)/t4-,5-,6+;3-/m10/s1. The summed E-state index contributed by atoms with van der Waals surface area (Å²) in [5, 5.41) is 42.8. The highest BCUT2D eigenvalue weighted by molar-refractivity contribution is 5.74. The summed E-state index contributed by atoms with van der Waals surface area (Å²) in [5.74, 6) is -2.20. The fourth-order valence-electron chi connectivity index (χ4n) is 1.19. The Hall–Kier alpha value is -1.68. The number of carboxylic acids is 2. The van der Waals surface area contributed by atoms with Gasteiger partial charge in [-0.25, -0.2) is 0 Å². The molecule has 1 rings (SSSR count). The summed E-state index contributed by atoms with van der Waals surface area (Å²) in [6.45, 7) is -0.289. The smallest absolute Gasteiger partial charge is 0.320 e. The van der Waals surface area contributed by atoms with E-state index in [1.54, 1.807) is 0 Å². The zero-order chi connectivity index (χ0) is 15.7. The number of nitrogens with two attached hydrogens (primary N) is 1. The van der Waals surface area contributed by atoms with Crippen LogP contribution >= 0.6 is 0 Å². The molecule has 0 spiro atoms. The number of hydrogen-bond acceptors (Lipinski definition) is 7. The number of carboxylic acid groups (broad SMARTS) is 2. The Labute approximate surface area is 114 Å². The number of rotatable bonds is 5. The Balaban J connectivity index is 0.000000361. The lowest BCUT2D eigenvalue weighted by Crippen LogP contribution is -2.42. The molecule has 1 aliphatic rings. The minimum absolute atomic E-state index is 0.0231. The predicted molar refractivity (Wildman–Crippen MR) is 65.6 cm³/mol. The van der Waals surface area contributed by atoms with E-state index in [0.29, 0.717) is 0 Å². The van der Waals surface area contributed by atoms with Gasteiger partial charge in [0.25, 0.3) is 0 Å². The van der Waals surface area contributed by atoms with Crippen LogP contribution in [-0.2, 0) is 14.3 Å². The van der Waals surface area contributed by atoms with Crippen LogP contribution in [0.4, 0.5) is 0 Å². The van der Waals surface area contributed by atoms with Crippen molar-refractivity contribution >= 4 is 11.9 Å². The van der Waals surface area contributed by atoms with E-state index in [-0.39, 0.29) is 19.4 Å². The Bertz CT molecular complexity index is 345. The van der Waals surface area contributed by atoms with Gasteiger partial charge in [0.2, 0.25) is 0 Å². The van der Waals surface area contributed by atoms with Crippen LogP contribution in [0, 0.1) is 0 Å². The zero-order valence-electron chi connectivity index (χ0n) is 10.6. The number of aliphatic hydroxyl groups is 3. The molecule has 0 aromatic rings. The first-order valence-electron chi connectivity index (χ1n) is 5.78. The molecule has 0 amide bonds. The quantitative estimate of drug-likeness (QED) is 0.331. The maximum absolute atomic E-state index is 9.99. The first kappa shape index (κ1) is 18.3. The van der Waals surface area contributed by atoms with Crippen LogP contribution in [0.25, 0.3) is 0 Å². The minimum atomic E-state index is -1.17. The van der Waals surface area contributed by atoms with E-state index in [0.717, 1.165) is 0 Å².